The summed E-state index contributed by atoms with van der Waals surface area (Å²) in [6.45, 7) is 0. The Hall–Kier alpha value is -0.980. The van der Waals surface area contributed by atoms with Gasteiger partial charge in [-0.2, -0.15) is 8.42 Å². The van der Waals surface area contributed by atoms with Crippen molar-refractivity contribution in [3.63, 3.8) is 0 Å². The van der Waals surface area contributed by atoms with Crippen LogP contribution in [0, 0.1) is 0 Å². The van der Waals surface area contributed by atoms with Gasteiger partial charge in [0.2, 0.25) is 0 Å². The normalized spacial score (nSPS) is 12.1. The predicted molar refractivity (Wildman–Crippen MR) is 49.4 cm³/mol. The second-order valence-electron chi connectivity index (χ2n) is 2.46. The molecule has 4 nitrogen and oxygen atoms in total. The molecule has 1 N–H and O–H groups in total. The average molecular weight is 215 g/mol. The molecular weight excluding hydrogens is 210 g/mol. The topological polar surface area (TPSA) is 67.3 Å². The standard InChI is InChI=1S/C7H5NO3S2/c9-13(10,11)5-1-2-7-6(3-5)8-4-12-7/h1-4H,(H,9,10,11). The fourth-order valence-electron chi connectivity index (χ4n) is 0.998. The van der Waals surface area contributed by atoms with Crippen molar-refractivity contribution in [1.29, 1.82) is 0 Å². The molecule has 0 aliphatic rings. The number of hydrogen-bond donors (Lipinski definition) is 1. The van der Waals surface area contributed by atoms with E-state index in [1.165, 1.54) is 23.5 Å². The maximum atomic E-state index is 10.7. The number of thiazole rings is 1. The number of benzene rings is 1. The first-order valence-corrected chi connectivity index (χ1v) is 5.70. The molecule has 2 aromatic rings. The lowest BCUT2D eigenvalue weighted by atomic mass is 10.3. The smallest absolute Gasteiger partial charge is 0.282 e. The van der Waals surface area contributed by atoms with Crippen LogP contribution in [-0.4, -0.2) is 18.0 Å². The molecule has 1 aromatic heterocycles. The van der Waals surface area contributed by atoms with Crippen molar-refractivity contribution in [2.75, 3.05) is 0 Å². The summed E-state index contributed by atoms with van der Waals surface area (Å²) in [5.41, 5.74) is 2.21. The van der Waals surface area contributed by atoms with Crippen molar-refractivity contribution in [3.05, 3.63) is 23.7 Å². The van der Waals surface area contributed by atoms with Crippen LogP contribution in [0.4, 0.5) is 0 Å². The highest BCUT2D eigenvalue weighted by Crippen LogP contribution is 2.20. The summed E-state index contributed by atoms with van der Waals surface area (Å²) < 4.78 is 31.1. The second-order valence-corrected chi connectivity index (χ2v) is 4.76. The summed E-state index contributed by atoms with van der Waals surface area (Å²) >= 11 is 1.42. The van der Waals surface area contributed by atoms with E-state index in [1.54, 1.807) is 11.6 Å². The molecule has 0 spiro atoms. The van der Waals surface area contributed by atoms with Crippen molar-refractivity contribution in [1.82, 2.24) is 4.98 Å². The zero-order valence-electron chi connectivity index (χ0n) is 6.34. The van der Waals surface area contributed by atoms with Gasteiger partial charge in [0.25, 0.3) is 10.1 Å². The van der Waals surface area contributed by atoms with Crippen LogP contribution in [0.1, 0.15) is 0 Å². The van der Waals surface area contributed by atoms with E-state index in [9.17, 15) is 8.42 Å². The molecule has 0 saturated heterocycles. The number of aromatic nitrogens is 1. The minimum atomic E-state index is -4.11. The molecule has 0 fully saturated rings. The zero-order chi connectivity index (χ0) is 9.47. The van der Waals surface area contributed by atoms with Gasteiger partial charge in [-0.3, -0.25) is 4.55 Å². The van der Waals surface area contributed by atoms with Crippen LogP contribution in [0.25, 0.3) is 10.2 Å². The van der Waals surface area contributed by atoms with E-state index in [-0.39, 0.29) is 4.90 Å². The van der Waals surface area contributed by atoms with Crippen LogP contribution in [-0.2, 0) is 10.1 Å². The fraction of sp³-hybridized carbons (Fsp3) is 0. The number of fused-ring (bicyclic) bond motifs is 1. The largest absolute Gasteiger partial charge is 0.294 e. The van der Waals surface area contributed by atoms with Gasteiger partial charge in [-0.05, 0) is 18.2 Å². The number of hydrogen-bond acceptors (Lipinski definition) is 4. The Morgan fingerprint density at radius 3 is 2.85 bits per heavy atom. The Labute approximate surface area is 78.6 Å². The van der Waals surface area contributed by atoms with E-state index in [4.69, 9.17) is 4.55 Å². The zero-order valence-corrected chi connectivity index (χ0v) is 7.97. The lowest BCUT2D eigenvalue weighted by Crippen LogP contribution is -1.96. The number of nitrogens with zero attached hydrogens (tertiary/aromatic N) is 1. The summed E-state index contributed by atoms with van der Waals surface area (Å²) in [6, 6.07) is 4.33. The highest BCUT2D eigenvalue weighted by molar-refractivity contribution is 7.85. The Balaban J connectivity index is 2.75. The third-order valence-electron chi connectivity index (χ3n) is 1.60. The first-order valence-electron chi connectivity index (χ1n) is 3.38. The molecule has 0 atom stereocenters. The SMILES string of the molecule is O=S(=O)(O)c1ccc2scnc2c1. The molecule has 13 heavy (non-hydrogen) atoms. The van der Waals surface area contributed by atoms with Crippen LogP contribution in [0.2, 0.25) is 0 Å². The van der Waals surface area contributed by atoms with Crippen molar-refractivity contribution < 1.29 is 13.0 Å². The molecule has 0 aliphatic carbocycles. The Morgan fingerprint density at radius 1 is 1.38 bits per heavy atom. The Bertz CT molecular complexity index is 544. The van der Waals surface area contributed by atoms with Crippen molar-refractivity contribution >= 4 is 31.7 Å². The number of rotatable bonds is 1. The van der Waals surface area contributed by atoms with Gasteiger partial charge in [0.1, 0.15) is 0 Å². The highest BCUT2D eigenvalue weighted by atomic mass is 32.2. The molecule has 2 rings (SSSR count). The summed E-state index contributed by atoms with van der Waals surface area (Å²) in [4.78, 5) is 3.82. The van der Waals surface area contributed by atoms with E-state index in [0.29, 0.717) is 5.52 Å². The monoisotopic (exact) mass is 215 g/mol. The lowest BCUT2D eigenvalue weighted by Gasteiger charge is -1.94. The van der Waals surface area contributed by atoms with Crippen LogP contribution >= 0.6 is 11.3 Å². The third-order valence-corrected chi connectivity index (χ3v) is 3.26. The summed E-state index contributed by atoms with van der Waals surface area (Å²) in [5.74, 6) is 0. The van der Waals surface area contributed by atoms with Crippen LogP contribution < -0.4 is 0 Å². The fourth-order valence-corrected chi connectivity index (χ4v) is 2.16. The van der Waals surface area contributed by atoms with Crippen LogP contribution in [0.5, 0.6) is 0 Å². The van der Waals surface area contributed by atoms with Gasteiger partial charge in [-0.1, -0.05) is 0 Å². The van der Waals surface area contributed by atoms with E-state index in [1.807, 2.05) is 0 Å². The first-order chi connectivity index (χ1) is 6.07. The minimum absolute atomic E-state index is 0.120. The van der Waals surface area contributed by atoms with Gasteiger partial charge >= 0.3 is 0 Å². The van der Waals surface area contributed by atoms with Crippen LogP contribution in [0.15, 0.2) is 28.6 Å². The third kappa shape index (κ3) is 1.55. The van der Waals surface area contributed by atoms with E-state index >= 15 is 0 Å². The van der Waals surface area contributed by atoms with Gasteiger partial charge in [-0.25, -0.2) is 4.98 Å². The summed E-state index contributed by atoms with van der Waals surface area (Å²) in [5, 5.41) is 0. The molecule has 0 radical (unpaired) electrons. The predicted octanol–water partition coefficient (Wildman–Crippen LogP) is 1.54. The molecule has 6 heteroatoms. The van der Waals surface area contributed by atoms with Crippen molar-refractivity contribution in [3.8, 4) is 0 Å². The molecule has 0 unspecified atom stereocenters. The molecule has 0 amide bonds. The quantitative estimate of drug-likeness (QED) is 0.733. The van der Waals surface area contributed by atoms with Gasteiger partial charge in [0.15, 0.2) is 0 Å². The summed E-state index contributed by atoms with van der Waals surface area (Å²) in [6.07, 6.45) is 0. The highest BCUT2D eigenvalue weighted by Gasteiger charge is 2.10. The molecular formula is C7H5NO3S2. The molecule has 0 saturated carbocycles. The summed E-state index contributed by atoms with van der Waals surface area (Å²) in [7, 11) is -4.11. The molecule has 0 aliphatic heterocycles. The average Bonchev–Trinajstić information content (AvgIpc) is 2.47. The minimum Gasteiger partial charge on any atom is -0.282 e. The van der Waals surface area contributed by atoms with Crippen molar-refractivity contribution in [2.45, 2.75) is 4.90 Å². The Morgan fingerprint density at radius 2 is 2.15 bits per heavy atom. The molecule has 0 bridgehead atoms. The van der Waals surface area contributed by atoms with Crippen LogP contribution in [0.3, 0.4) is 0 Å². The lowest BCUT2D eigenvalue weighted by molar-refractivity contribution is 0.483. The maximum absolute atomic E-state index is 10.7. The Kier molecular flexibility index (Phi) is 1.83. The van der Waals surface area contributed by atoms with Gasteiger partial charge in [-0.15, -0.1) is 11.3 Å². The first kappa shape index (κ1) is 8.61. The van der Waals surface area contributed by atoms with Gasteiger partial charge in [0, 0.05) is 0 Å². The van der Waals surface area contributed by atoms with Gasteiger partial charge < -0.3 is 0 Å². The van der Waals surface area contributed by atoms with Crippen molar-refractivity contribution in [2.24, 2.45) is 0 Å². The van der Waals surface area contributed by atoms with E-state index in [0.717, 1.165) is 4.70 Å². The molecule has 1 aromatic carbocycles. The second kappa shape index (κ2) is 2.76. The van der Waals surface area contributed by atoms with Gasteiger partial charge in [0.05, 0.1) is 20.6 Å². The van der Waals surface area contributed by atoms with E-state index < -0.39 is 10.1 Å². The molecule has 1 heterocycles. The maximum Gasteiger partial charge on any atom is 0.294 e. The van der Waals surface area contributed by atoms with E-state index in [2.05, 4.69) is 4.98 Å². The molecule has 68 valence electrons.